The van der Waals surface area contributed by atoms with Gasteiger partial charge in [-0.05, 0) is 12.8 Å². The molecular weight excluding hydrogens is 152 g/mol. The lowest BCUT2D eigenvalue weighted by Gasteiger charge is -1.89. The summed E-state index contributed by atoms with van der Waals surface area (Å²) < 4.78 is 0. The van der Waals surface area contributed by atoms with Gasteiger partial charge in [-0.25, -0.2) is 0 Å². The second-order valence-corrected chi connectivity index (χ2v) is 3.37. The normalized spacial score (nSPS) is 11.8. The Balaban J connectivity index is 3.02. The first-order valence-electron chi connectivity index (χ1n) is 4.29. The first kappa shape index (κ1) is 10.8. The third-order valence-electron chi connectivity index (χ3n) is 1.23. The van der Waals surface area contributed by atoms with E-state index in [1.165, 1.54) is 0 Å². The maximum atomic E-state index is 2.24. The van der Waals surface area contributed by atoms with Crippen LogP contribution < -0.4 is 0 Å². The van der Waals surface area contributed by atoms with E-state index >= 15 is 0 Å². The molecule has 1 heteroatoms. The van der Waals surface area contributed by atoms with Gasteiger partial charge in [-0.3, -0.25) is 0 Å². The molecule has 0 unspecified atom stereocenters. The lowest BCUT2D eigenvalue weighted by atomic mass is 10.4. The first-order chi connectivity index (χ1) is 5.41. The third-order valence-corrected chi connectivity index (χ3v) is 2.09. The fourth-order valence-electron chi connectivity index (χ4n) is 0.674. The second-order valence-electron chi connectivity index (χ2n) is 2.30. The molecule has 0 rings (SSSR count). The van der Waals surface area contributed by atoms with Gasteiger partial charge in [0, 0.05) is 11.5 Å². The van der Waals surface area contributed by atoms with E-state index < -0.39 is 0 Å². The summed E-state index contributed by atoms with van der Waals surface area (Å²) >= 11 is 1.96. The summed E-state index contributed by atoms with van der Waals surface area (Å²) in [5, 5.41) is 0. The minimum atomic E-state index is 1.15. The summed E-state index contributed by atoms with van der Waals surface area (Å²) in [5.41, 5.74) is 0. The zero-order chi connectivity index (χ0) is 8.36. The van der Waals surface area contributed by atoms with Crippen LogP contribution in [0.2, 0.25) is 0 Å². The molecular formula is C10H18S. The fourth-order valence-corrected chi connectivity index (χ4v) is 1.35. The Kier molecular flexibility index (Phi) is 9.68. The predicted octanol–water partition coefficient (Wildman–Crippen LogP) is 3.65. The van der Waals surface area contributed by atoms with Crippen molar-refractivity contribution in [2.24, 2.45) is 0 Å². The Morgan fingerprint density at radius 1 is 0.818 bits per heavy atom. The van der Waals surface area contributed by atoms with E-state index in [0.717, 1.165) is 24.3 Å². The van der Waals surface area contributed by atoms with Gasteiger partial charge in [0.2, 0.25) is 0 Å². The van der Waals surface area contributed by atoms with Gasteiger partial charge >= 0.3 is 0 Å². The molecule has 11 heavy (non-hydrogen) atoms. The average molecular weight is 170 g/mol. The smallest absolute Gasteiger partial charge is 0.0116 e. The zero-order valence-electron chi connectivity index (χ0n) is 7.55. The van der Waals surface area contributed by atoms with Crippen molar-refractivity contribution >= 4 is 11.8 Å². The molecule has 0 saturated heterocycles. The Bertz CT molecular complexity index is 100. The summed E-state index contributed by atoms with van der Waals surface area (Å²) in [6, 6.07) is 0. The maximum Gasteiger partial charge on any atom is 0.0116 e. The minimum Gasteiger partial charge on any atom is -0.154 e. The number of hydrogen-bond donors (Lipinski definition) is 0. The molecule has 0 aromatic carbocycles. The molecule has 64 valence electrons. The van der Waals surface area contributed by atoms with Gasteiger partial charge in [0.25, 0.3) is 0 Å². The van der Waals surface area contributed by atoms with Gasteiger partial charge in [0.1, 0.15) is 0 Å². The van der Waals surface area contributed by atoms with Gasteiger partial charge in [0.15, 0.2) is 0 Å². The molecule has 0 nitrogen and oxygen atoms in total. The summed E-state index contributed by atoms with van der Waals surface area (Å²) in [6.07, 6.45) is 11.2. The fraction of sp³-hybridized carbons (Fsp3) is 0.600. The van der Waals surface area contributed by atoms with E-state index in [4.69, 9.17) is 0 Å². The van der Waals surface area contributed by atoms with Crippen molar-refractivity contribution in [3.05, 3.63) is 24.3 Å². The molecule has 0 aromatic heterocycles. The molecule has 0 bridgehead atoms. The van der Waals surface area contributed by atoms with Crippen molar-refractivity contribution in [1.29, 1.82) is 0 Å². The van der Waals surface area contributed by atoms with Crippen molar-refractivity contribution in [3.8, 4) is 0 Å². The van der Waals surface area contributed by atoms with E-state index in [2.05, 4.69) is 38.2 Å². The lowest BCUT2D eigenvalue weighted by Crippen LogP contribution is -1.73. The molecule has 0 amide bonds. The maximum absolute atomic E-state index is 2.24. The van der Waals surface area contributed by atoms with Crippen LogP contribution in [-0.4, -0.2) is 11.5 Å². The largest absolute Gasteiger partial charge is 0.154 e. The van der Waals surface area contributed by atoms with E-state index in [1.807, 2.05) is 11.8 Å². The molecule has 0 aromatic rings. The topological polar surface area (TPSA) is 0 Å². The van der Waals surface area contributed by atoms with Crippen LogP contribution in [0.1, 0.15) is 26.7 Å². The Hall–Kier alpha value is -0.170. The molecule has 0 aliphatic rings. The van der Waals surface area contributed by atoms with Crippen molar-refractivity contribution in [1.82, 2.24) is 0 Å². The Morgan fingerprint density at radius 3 is 1.64 bits per heavy atom. The van der Waals surface area contributed by atoms with Crippen LogP contribution in [0.25, 0.3) is 0 Å². The van der Waals surface area contributed by atoms with E-state index in [1.54, 1.807) is 0 Å². The lowest BCUT2D eigenvalue weighted by molar-refractivity contribution is 1.22. The van der Waals surface area contributed by atoms with Gasteiger partial charge in [0.05, 0.1) is 0 Å². The van der Waals surface area contributed by atoms with Crippen LogP contribution in [-0.2, 0) is 0 Å². The molecule has 0 radical (unpaired) electrons. The number of thioether (sulfide) groups is 1. The van der Waals surface area contributed by atoms with Crippen molar-refractivity contribution in [2.45, 2.75) is 26.7 Å². The second kappa shape index (κ2) is 9.83. The van der Waals surface area contributed by atoms with E-state index in [-0.39, 0.29) is 0 Å². The number of hydrogen-bond acceptors (Lipinski definition) is 1. The molecule has 0 heterocycles. The summed E-state index contributed by atoms with van der Waals surface area (Å²) in [5.74, 6) is 2.31. The molecule has 0 atom stereocenters. The highest BCUT2D eigenvalue weighted by molar-refractivity contribution is 7.99. The molecule has 0 aliphatic heterocycles. The van der Waals surface area contributed by atoms with Gasteiger partial charge in [-0.2, -0.15) is 11.8 Å². The van der Waals surface area contributed by atoms with Crippen LogP contribution in [0.4, 0.5) is 0 Å². The quantitative estimate of drug-likeness (QED) is 0.433. The summed E-state index contributed by atoms with van der Waals surface area (Å²) in [6.45, 7) is 4.33. The van der Waals surface area contributed by atoms with Gasteiger partial charge < -0.3 is 0 Å². The standard InChI is InChI=1S/C10H18S/c1-3-5-7-9-11-10-8-6-4-2/h5-8H,3-4,9-10H2,1-2H3/b7-5+,8-6+. The van der Waals surface area contributed by atoms with Crippen LogP contribution in [0.3, 0.4) is 0 Å². The van der Waals surface area contributed by atoms with Crippen molar-refractivity contribution in [2.75, 3.05) is 11.5 Å². The van der Waals surface area contributed by atoms with E-state index in [0.29, 0.717) is 0 Å². The summed E-state index contributed by atoms with van der Waals surface area (Å²) in [7, 11) is 0. The van der Waals surface area contributed by atoms with Gasteiger partial charge in [-0.15, -0.1) is 0 Å². The monoisotopic (exact) mass is 170 g/mol. The van der Waals surface area contributed by atoms with Crippen LogP contribution in [0, 0.1) is 0 Å². The average Bonchev–Trinajstić information content (AvgIpc) is 2.03. The summed E-state index contributed by atoms with van der Waals surface area (Å²) in [4.78, 5) is 0. The molecule has 0 spiro atoms. The molecule has 0 fully saturated rings. The molecule has 0 aliphatic carbocycles. The highest BCUT2D eigenvalue weighted by atomic mass is 32.2. The highest BCUT2D eigenvalue weighted by Crippen LogP contribution is 2.00. The van der Waals surface area contributed by atoms with Crippen molar-refractivity contribution < 1.29 is 0 Å². The van der Waals surface area contributed by atoms with Gasteiger partial charge in [-0.1, -0.05) is 38.2 Å². The Morgan fingerprint density at radius 2 is 1.27 bits per heavy atom. The first-order valence-corrected chi connectivity index (χ1v) is 5.45. The third kappa shape index (κ3) is 9.83. The molecule has 0 saturated carbocycles. The number of allylic oxidation sites excluding steroid dienone is 2. The number of rotatable bonds is 6. The predicted molar refractivity (Wildman–Crippen MR) is 56.2 cm³/mol. The molecule has 0 N–H and O–H groups in total. The van der Waals surface area contributed by atoms with Crippen LogP contribution in [0.15, 0.2) is 24.3 Å². The zero-order valence-corrected chi connectivity index (χ0v) is 8.36. The highest BCUT2D eigenvalue weighted by Gasteiger charge is 1.78. The van der Waals surface area contributed by atoms with Crippen LogP contribution in [0.5, 0.6) is 0 Å². The Labute approximate surface area is 74.8 Å². The minimum absolute atomic E-state index is 1.15. The van der Waals surface area contributed by atoms with Crippen LogP contribution >= 0.6 is 11.8 Å². The van der Waals surface area contributed by atoms with Crippen molar-refractivity contribution in [3.63, 3.8) is 0 Å². The SMILES string of the molecule is CC/C=C/CSC/C=C/CC. The van der Waals surface area contributed by atoms with E-state index in [9.17, 15) is 0 Å².